The van der Waals surface area contributed by atoms with Gasteiger partial charge in [0.25, 0.3) is 0 Å². The van der Waals surface area contributed by atoms with E-state index in [1.54, 1.807) is 48.5 Å². The lowest BCUT2D eigenvalue weighted by Crippen LogP contribution is -2.39. The second-order valence-corrected chi connectivity index (χ2v) is 6.51. The largest absolute Gasteiger partial charge is 0.414 e. The molecule has 1 aliphatic carbocycles. The lowest BCUT2D eigenvalue weighted by molar-refractivity contribution is -0.221. The van der Waals surface area contributed by atoms with Crippen LogP contribution in [0.1, 0.15) is 28.5 Å². The highest BCUT2D eigenvalue weighted by atomic mass is 19.4. The average molecular weight is 386 g/mol. The molecule has 1 N–H and O–H groups in total. The highest BCUT2D eigenvalue weighted by molar-refractivity contribution is 5.48. The maximum absolute atomic E-state index is 13.4. The summed E-state index contributed by atoms with van der Waals surface area (Å²) in [5, 5.41) is 10.0. The van der Waals surface area contributed by atoms with E-state index in [1.165, 1.54) is 6.07 Å². The highest BCUT2D eigenvalue weighted by Crippen LogP contribution is 2.54. The Bertz CT molecular complexity index is 809. The van der Waals surface area contributed by atoms with Crippen molar-refractivity contribution in [3.8, 4) is 0 Å². The van der Waals surface area contributed by atoms with Gasteiger partial charge in [-0.3, -0.25) is 0 Å². The van der Waals surface area contributed by atoms with Gasteiger partial charge in [0, 0.05) is 23.8 Å². The molecule has 2 aromatic rings. The van der Waals surface area contributed by atoms with Crippen LogP contribution in [-0.2, 0) is 0 Å². The minimum atomic E-state index is -4.95. The molecule has 0 unspecified atom stereocenters. The average Bonchev–Trinajstić information content (AvgIpc) is 2.92. The van der Waals surface area contributed by atoms with Crippen LogP contribution in [0.2, 0.25) is 0 Å². The number of aliphatic hydroxyl groups excluding tert-OH is 1. The van der Waals surface area contributed by atoms with Gasteiger partial charge in [-0.25, -0.2) is 0 Å². The van der Waals surface area contributed by atoms with Crippen molar-refractivity contribution in [1.82, 2.24) is 0 Å². The van der Waals surface area contributed by atoms with Gasteiger partial charge in [0.1, 0.15) is 0 Å². The third kappa shape index (κ3) is 4.03. The predicted molar refractivity (Wildman–Crippen MR) is 88.2 cm³/mol. The van der Waals surface area contributed by atoms with E-state index in [1.807, 2.05) is 0 Å². The summed E-state index contributed by atoms with van der Waals surface area (Å²) in [6.07, 6.45) is -11.7. The van der Waals surface area contributed by atoms with E-state index in [4.69, 9.17) is 0 Å². The van der Waals surface area contributed by atoms with Crippen LogP contribution in [0.25, 0.3) is 0 Å². The molecule has 4 atom stereocenters. The van der Waals surface area contributed by atoms with Gasteiger partial charge < -0.3 is 5.11 Å². The Labute approximate surface area is 152 Å². The van der Waals surface area contributed by atoms with Crippen molar-refractivity contribution in [2.24, 2.45) is 5.92 Å². The molecule has 0 fully saturated rings. The summed E-state index contributed by atoms with van der Waals surface area (Å²) in [6.45, 7) is 0. The number of benzene rings is 2. The fourth-order valence-electron chi connectivity index (χ4n) is 3.82. The minimum absolute atomic E-state index is 0.0576. The number of alkyl halides is 6. The first-order chi connectivity index (χ1) is 12.6. The van der Waals surface area contributed by atoms with Crippen LogP contribution in [0, 0.1) is 5.92 Å². The Balaban J connectivity index is 2.17. The standard InChI is InChI=1S/C20H16F6O/c21-19(22,23)11-10-15-13-8-4-5-9-14(13)16(12-6-2-1-3-7-12)17(15)18(27)20(24,25)26/h1-11,15-18,27H/b11-10+/t15-,16-,17-,18-/m0/s1. The van der Waals surface area contributed by atoms with E-state index < -0.39 is 36.2 Å². The molecule has 0 aliphatic heterocycles. The molecule has 0 radical (unpaired) electrons. The molecule has 27 heavy (non-hydrogen) atoms. The summed E-state index contributed by atoms with van der Waals surface area (Å²) >= 11 is 0. The Kier molecular flexibility index (Phi) is 5.08. The molecule has 0 spiro atoms. The monoisotopic (exact) mass is 386 g/mol. The van der Waals surface area contributed by atoms with Crippen molar-refractivity contribution in [3.63, 3.8) is 0 Å². The van der Waals surface area contributed by atoms with E-state index in [-0.39, 0.29) is 6.08 Å². The molecule has 0 saturated carbocycles. The van der Waals surface area contributed by atoms with Crippen molar-refractivity contribution in [2.45, 2.75) is 30.3 Å². The fraction of sp³-hybridized carbons (Fsp3) is 0.300. The Hall–Kier alpha value is -2.28. The predicted octanol–water partition coefficient (Wildman–Crippen LogP) is 5.57. The zero-order valence-electron chi connectivity index (χ0n) is 13.9. The Morgan fingerprint density at radius 2 is 1.37 bits per heavy atom. The van der Waals surface area contributed by atoms with Crippen molar-refractivity contribution >= 4 is 0 Å². The van der Waals surface area contributed by atoms with E-state index in [2.05, 4.69) is 0 Å². The van der Waals surface area contributed by atoms with Crippen LogP contribution < -0.4 is 0 Å². The molecule has 0 heterocycles. The number of fused-ring (bicyclic) bond motifs is 1. The van der Waals surface area contributed by atoms with Gasteiger partial charge >= 0.3 is 12.4 Å². The van der Waals surface area contributed by atoms with E-state index in [0.717, 1.165) is 6.08 Å². The number of aliphatic hydroxyl groups is 1. The Morgan fingerprint density at radius 3 is 1.93 bits per heavy atom. The minimum Gasteiger partial charge on any atom is -0.383 e. The molecule has 0 saturated heterocycles. The maximum atomic E-state index is 13.4. The molecule has 7 heteroatoms. The van der Waals surface area contributed by atoms with Crippen LogP contribution in [0.15, 0.2) is 66.7 Å². The summed E-state index contributed by atoms with van der Waals surface area (Å²) in [7, 11) is 0. The van der Waals surface area contributed by atoms with Gasteiger partial charge in [0.15, 0.2) is 6.10 Å². The zero-order valence-corrected chi connectivity index (χ0v) is 13.9. The van der Waals surface area contributed by atoms with Gasteiger partial charge in [-0.15, -0.1) is 0 Å². The molecule has 0 amide bonds. The third-order valence-corrected chi connectivity index (χ3v) is 4.84. The van der Waals surface area contributed by atoms with Gasteiger partial charge in [-0.1, -0.05) is 60.7 Å². The molecule has 2 aromatic carbocycles. The number of hydrogen-bond donors (Lipinski definition) is 1. The zero-order chi connectivity index (χ0) is 19.8. The Morgan fingerprint density at radius 1 is 0.815 bits per heavy atom. The number of rotatable bonds is 3. The molecular formula is C20H16F6O. The van der Waals surface area contributed by atoms with Crippen LogP contribution in [0.5, 0.6) is 0 Å². The quantitative estimate of drug-likeness (QED) is 0.540. The third-order valence-electron chi connectivity index (χ3n) is 4.84. The number of allylic oxidation sites excluding steroid dienone is 2. The first-order valence-corrected chi connectivity index (χ1v) is 8.24. The lowest BCUT2D eigenvalue weighted by atomic mass is 9.78. The second-order valence-electron chi connectivity index (χ2n) is 6.51. The molecule has 0 bridgehead atoms. The molecule has 144 valence electrons. The van der Waals surface area contributed by atoms with Crippen LogP contribution in [0.3, 0.4) is 0 Å². The van der Waals surface area contributed by atoms with Gasteiger partial charge in [0.2, 0.25) is 0 Å². The summed E-state index contributed by atoms with van der Waals surface area (Å²) in [5.41, 5.74) is 1.37. The lowest BCUT2D eigenvalue weighted by Gasteiger charge is -2.30. The van der Waals surface area contributed by atoms with Crippen molar-refractivity contribution in [2.75, 3.05) is 0 Å². The highest BCUT2D eigenvalue weighted by Gasteiger charge is 2.53. The molecular weight excluding hydrogens is 370 g/mol. The van der Waals surface area contributed by atoms with E-state index >= 15 is 0 Å². The summed E-state index contributed by atoms with van der Waals surface area (Å²) in [5.74, 6) is -3.59. The van der Waals surface area contributed by atoms with E-state index in [0.29, 0.717) is 16.7 Å². The van der Waals surface area contributed by atoms with Gasteiger partial charge in [-0.05, 0) is 16.7 Å². The maximum Gasteiger partial charge on any atom is 0.414 e. The second kappa shape index (κ2) is 7.03. The summed E-state index contributed by atoms with van der Waals surface area (Å²) in [6, 6.07) is 14.5. The molecule has 1 nitrogen and oxygen atoms in total. The fourth-order valence-corrected chi connectivity index (χ4v) is 3.82. The first-order valence-electron chi connectivity index (χ1n) is 8.24. The number of halogens is 6. The summed E-state index contributed by atoms with van der Waals surface area (Å²) < 4.78 is 78.2. The van der Waals surface area contributed by atoms with Gasteiger partial charge in [-0.2, -0.15) is 26.3 Å². The van der Waals surface area contributed by atoms with Crippen LogP contribution in [-0.4, -0.2) is 23.6 Å². The van der Waals surface area contributed by atoms with Gasteiger partial charge in [0.05, 0.1) is 0 Å². The topological polar surface area (TPSA) is 20.2 Å². The van der Waals surface area contributed by atoms with Crippen molar-refractivity contribution < 1.29 is 31.4 Å². The molecule has 1 aliphatic rings. The van der Waals surface area contributed by atoms with Crippen LogP contribution in [0.4, 0.5) is 26.3 Å². The van der Waals surface area contributed by atoms with Crippen LogP contribution >= 0.6 is 0 Å². The first kappa shape index (κ1) is 19.5. The normalized spacial score (nSPS) is 24.2. The molecule has 3 rings (SSSR count). The van der Waals surface area contributed by atoms with E-state index in [9.17, 15) is 31.4 Å². The summed E-state index contributed by atoms with van der Waals surface area (Å²) in [4.78, 5) is 0. The SMILES string of the molecule is O[C@@H]([C@@H]1[C@@H](c2ccccc2)c2ccccc2[C@@H]1/C=C/C(F)(F)F)C(F)(F)F. The van der Waals surface area contributed by atoms with Crippen molar-refractivity contribution in [1.29, 1.82) is 0 Å². The molecule has 0 aromatic heterocycles. The number of hydrogen-bond acceptors (Lipinski definition) is 1. The van der Waals surface area contributed by atoms with Crippen molar-refractivity contribution in [3.05, 3.63) is 83.4 Å². The smallest absolute Gasteiger partial charge is 0.383 e.